The van der Waals surface area contributed by atoms with Crippen LogP contribution in [-0.2, 0) is 13.6 Å². The Kier molecular flexibility index (Phi) is 1.84. The second-order valence-electron chi connectivity index (χ2n) is 2.77. The van der Waals surface area contributed by atoms with Crippen molar-refractivity contribution in [2.75, 3.05) is 0 Å². The fourth-order valence-electron chi connectivity index (χ4n) is 1.23. The van der Waals surface area contributed by atoms with Crippen LogP contribution in [0, 0.1) is 0 Å². The molecule has 0 atom stereocenters. The molecular formula is C8H11N5. The molecule has 68 valence electrons. The first-order chi connectivity index (χ1) is 6.31. The first kappa shape index (κ1) is 7.97. The quantitative estimate of drug-likeness (QED) is 0.678. The third-order valence-corrected chi connectivity index (χ3v) is 1.84. The SMILES string of the molecule is CCn1nccc1-c1ncn(C)n1. The molecule has 5 nitrogen and oxygen atoms in total. The van der Waals surface area contributed by atoms with Crippen molar-refractivity contribution in [3.05, 3.63) is 18.6 Å². The van der Waals surface area contributed by atoms with Crippen molar-refractivity contribution in [1.29, 1.82) is 0 Å². The summed E-state index contributed by atoms with van der Waals surface area (Å²) < 4.78 is 3.55. The first-order valence-electron chi connectivity index (χ1n) is 4.19. The Morgan fingerprint density at radius 3 is 2.92 bits per heavy atom. The van der Waals surface area contributed by atoms with Crippen molar-refractivity contribution in [3.8, 4) is 11.5 Å². The standard InChI is InChI=1S/C8H11N5/c1-3-13-7(4-5-10-13)8-9-6-12(2)11-8/h4-6H,3H2,1-2H3. The minimum atomic E-state index is 0.724. The van der Waals surface area contributed by atoms with Gasteiger partial charge in [0.15, 0.2) is 5.82 Å². The molecule has 0 aromatic carbocycles. The number of rotatable bonds is 2. The van der Waals surface area contributed by atoms with Crippen molar-refractivity contribution in [1.82, 2.24) is 24.5 Å². The molecule has 0 N–H and O–H groups in total. The molecule has 0 fully saturated rings. The molecule has 2 aromatic heterocycles. The van der Waals surface area contributed by atoms with E-state index in [1.807, 2.05) is 24.7 Å². The molecule has 0 bridgehead atoms. The Balaban J connectivity index is 2.45. The lowest BCUT2D eigenvalue weighted by molar-refractivity contribution is 0.662. The van der Waals surface area contributed by atoms with Gasteiger partial charge in [-0.2, -0.15) is 5.10 Å². The fourth-order valence-corrected chi connectivity index (χ4v) is 1.23. The average molecular weight is 177 g/mol. The predicted octanol–water partition coefficient (Wildman–Crippen LogP) is 0.698. The van der Waals surface area contributed by atoms with E-state index in [4.69, 9.17) is 0 Å². The van der Waals surface area contributed by atoms with E-state index >= 15 is 0 Å². The third-order valence-electron chi connectivity index (χ3n) is 1.84. The van der Waals surface area contributed by atoms with E-state index in [2.05, 4.69) is 15.2 Å². The Morgan fingerprint density at radius 2 is 2.31 bits per heavy atom. The van der Waals surface area contributed by atoms with Gasteiger partial charge >= 0.3 is 0 Å². The van der Waals surface area contributed by atoms with Crippen LogP contribution in [0.5, 0.6) is 0 Å². The monoisotopic (exact) mass is 177 g/mol. The molecule has 0 unspecified atom stereocenters. The van der Waals surface area contributed by atoms with E-state index < -0.39 is 0 Å². The molecule has 2 heterocycles. The summed E-state index contributed by atoms with van der Waals surface area (Å²) in [6.45, 7) is 2.88. The van der Waals surface area contributed by atoms with E-state index in [0.717, 1.165) is 18.1 Å². The lowest BCUT2D eigenvalue weighted by atomic mass is 10.4. The largest absolute Gasteiger partial charge is 0.262 e. The van der Waals surface area contributed by atoms with Crippen molar-refractivity contribution < 1.29 is 0 Å². The van der Waals surface area contributed by atoms with Crippen LogP contribution in [0.15, 0.2) is 18.6 Å². The van der Waals surface area contributed by atoms with Gasteiger partial charge in [-0.15, -0.1) is 5.10 Å². The molecule has 0 spiro atoms. The van der Waals surface area contributed by atoms with Crippen LogP contribution in [0.1, 0.15) is 6.92 Å². The second kappa shape index (κ2) is 3.01. The molecule has 2 rings (SSSR count). The predicted molar refractivity (Wildman–Crippen MR) is 47.9 cm³/mol. The molecule has 0 saturated heterocycles. The summed E-state index contributed by atoms with van der Waals surface area (Å²) in [4.78, 5) is 4.16. The van der Waals surface area contributed by atoms with Gasteiger partial charge in [0, 0.05) is 19.8 Å². The minimum Gasteiger partial charge on any atom is -0.262 e. The lowest BCUT2D eigenvalue weighted by Gasteiger charge is -1.98. The Morgan fingerprint density at radius 1 is 1.46 bits per heavy atom. The smallest absolute Gasteiger partial charge is 0.199 e. The molecule has 0 aliphatic heterocycles. The highest BCUT2D eigenvalue weighted by atomic mass is 15.3. The molecule has 0 aliphatic carbocycles. The summed E-state index contributed by atoms with van der Waals surface area (Å²) >= 11 is 0. The molecule has 5 heteroatoms. The number of nitrogens with zero attached hydrogens (tertiary/aromatic N) is 5. The minimum absolute atomic E-state index is 0.724. The molecular weight excluding hydrogens is 166 g/mol. The van der Waals surface area contributed by atoms with Crippen LogP contribution in [-0.4, -0.2) is 24.5 Å². The van der Waals surface area contributed by atoms with Crippen LogP contribution in [0.2, 0.25) is 0 Å². The molecule has 0 saturated carbocycles. The number of aryl methyl sites for hydroxylation is 2. The maximum Gasteiger partial charge on any atom is 0.199 e. The normalized spacial score (nSPS) is 10.6. The zero-order valence-electron chi connectivity index (χ0n) is 7.68. The van der Waals surface area contributed by atoms with Crippen molar-refractivity contribution >= 4 is 0 Å². The maximum atomic E-state index is 4.21. The van der Waals surface area contributed by atoms with Crippen LogP contribution in [0.25, 0.3) is 11.5 Å². The van der Waals surface area contributed by atoms with Crippen LogP contribution in [0.3, 0.4) is 0 Å². The molecule has 0 amide bonds. The molecule has 0 radical (unpaired) electrons. The number of hydrogen-bond acceptors (Lipinski definition) is 3. The van der Waals surface area contributed by atoms with Gasteiger partial charge in [-0.1, -0.05) is 0 Å². The van der Waals surface area contributed by atoms with Gasteiger partial charge in [0.05, 0.1) is 0 Å². The Labute approximate surface area is 76.0 Å². The van der Waals surface area contributed by atoms with E-state index in [-0.39, 0.29) is 0 Å². The van der Waals surface area contributed by atoms with Crippen molar-refractivity contribution in [2.24, 2.45) is 7.05 Å². The Bertz CT molecular complexity index is 400. The number of hydrogen-bond donors (Lipinski definition) is 0. The Hall–Kier alpha value is -1.65. The summed E-state index contributed by atoms with van der Waals surface area (Å²) in [6.07, 6.45) is 3.44. The maximum absolute atomic E-state index is 4.21. The highest BCUT2D eigenvalue weighted by Crippen LogP contribution is 2.12. The van der Waals surface area contributed by atoms with E-state index in [0.29, 0.717) is 0 Å². The van der Waals surface area contributed by atoms with Gasteiger partial charge in [0.1, 0.15) is 12.0 Å². The number of aromatic nitrogens is 5. The highest BCUT2D eigenvalue weighted by molar-refractivity contribution is 5.47. The summed E-state index contributed by atoms with van der Waals surface area (Å²) in [5, 5.41) is 8.35. The van der Waals surface area contributed by atoms with Gasteiger partial charge in [-0.3, -0.25) is 9.36 Å². The fraction of sp³-hybridized carbons (Fsp3) is 0.375. The van der Waals surface area contributed by atoms with Gasteiger partial charge in [-0.05, 0) is 13.0 Å². The second-order valence-corrected chi connectivity index (χ2v) is 2.77. The van der Waals surface area contributed by atoms with E-state index in [1.54, 1.807) is 17.2 Å². The van der Waals surface area contributed by atoms with Crippen molar-refractivity contribution in [2.45, 2.75) is 13.5 Å². The first-order valence-corrected chi connectivity index (χ1v) is 4.19. The van der Waals surface area contributed by atoms with Crippen LogP contribution >= 0.6 is 0 Å². The van der Waals surface area contributed by atoms with Crippen molar-refractivity contribution in [3.63, 3.8) is 0 Å². The van der Waals surface area contributed by atoms with Gasteiger partial charge < -0.3 is 0 Å². The zero-order valence-corrected chi connectivity index (χ0v) is 7.68. The average Bonchev–Trinajstić information content (AvgIpc) is 2.71. The van der Waals surface area contributed by atoms with Crippen LogP contribution < -0.4 is 0 Å². The van der Waals surface area contributed by atoms with Gasteiger partial charge in [0.2, 0.25) is 0 Å². The van der Waals surface area contributed by atoms with E-state index in [9.17, 15) is 0 Å². The highest BCUT2D eigenvalue weighted by Gasteiger charge is 2.07. The van der Waals surface area contributed by atoms with Crippen LogP contribution in [0.4, 0.5) is 0 Å². The summed E-state index contributed by atoms with van der Waals surface area (Å²) in [5.41, 5.74) is 0.961. The molecule has 0 aliphatic rings. The zero-order chi connectivity index (χ0) is 9.26. The summed E-state index contributed by atoms with van der Waals surface area (Å²) in [5.74, 6) is 0.724. The molecule has 13 heavy (non-hydrogen) atoms. The lowest BCUT2D eigenvalue weighted by Crippen LogP contribution is -2.00. The van der Waals surface area contributed by atoms with E-state index in [1.165, 1.54) is 0 Å². The topological polar surface area (TPSA) is 48.5 Å². The third kappa shape index (κ3) is 1.32. The van der Waals surface area contributed by atoms with Gasteiger partial charge in [0.25, 0.3) is 0 Å². The van der Waals surface area contributed by atoms with Gasteiger partial charge in [-0.25, -0.2) is 4.98 Å². The summed E-state index contributed by atoms with van der Waals surface area (Å²) in [7, 11) is 1.85. The molecule has 2 aromatic rings. The summed E-state index contributed by atoms with van der Waals surface area (Å²) in [6, 6.07) is 1.92.